The molecule has 0 aliphatic heterocycles. The van der Waals surface area contributed by atoms with Gasteiger partial charge in [-0.3, -0.25) is 0 Å². The Morgan fingerprint density at radius 2 is 2.00 bits per heavy atom. The van der Waals surface area contributed by atoms with Crippen LogP contribution < -0.4 is 10.6 Å². The zero-order chi connectivity index (χ0) is 19.4. The molecule has 2 heterocycles. The van der Waals surface area contributed by atoms with Gasteiger partial charge in [-0.15, -0.1) is 0 Å². The van der Waals surface area contributed by atoms with Crippen LogP contribution in [0, 0.1) is 0 Å². The van der Waals surface area contributed by atoms with Gasteiger partial charge in [0, 0.05) is 18.5 Å². The number of aromatic nitrogens is 3. The Hall–Kier alpha value is -2.93. The van der Waals surface area contributed by atoms with Gasteiger partial charge in [0.25, 0.3) is 0 Å². The van der Waals surface area contributed by atoms with Gasteiger partial charge in [-0.1, -0.05) is 30.3 Å². The van der Waals surface area contributed by atoms with E-state index in [4.69, 9.17) is 4.74 Å². The predicted molar refractivity (Wildman–Crippen MR) is 106 cm³/mol. The molecule has 0 bridgehead atoms. The smallest absolute Gasteiger partial charge is 0.320 e. The highest BCUT2D eigenvalue weighted by atomic mass is 16.5. The van der Waals surface area contributed by atoms with Crippen molar-refractivity contribution < 1.29 is 9.53 Å². The van der Waals surface area contributed by atoms with Gasteiger partial charge in [-0.25, -0.2) is 14.5 Å². The highest BCUT2D eigenvalue weighted by Gasteiger charge is 2.28. The maximum absolute atomic E-state index is 12.6. The van der Waals surface area contributed by atoms with E-state index in [1.807, 2.05) is 61.9 Å². The number of nitrogens with zero attached hydrogens (tertiary/aromatic N) is 3. The van der Waals surface area contributed by atoms with Crippen molar-refractivity contribution in [2.75, 3.05) is 19.0 Å². The van der Waals surface area contributed by atoms with Crippen LogP contribution in [0.5, 0.6) is 0 Å². The maximum atomic E-state index is 12.6. The number of ether oxygens (including phenoxy) is 1. The Morgan fingerprint density at radius 3 is 2.67 bits per heavy atom. The number of amides is 2. The molecule has 27 heavy (non-hydrogen) atoms. The van der Waals surface area contributed by atoms with Crippen LogP contribution in [0.3, 0.4) is 0 Å². The van der Waals surface area contributed by atoms with Crippen molar-refractivity contribution in [2.24, 2.45) is 0 Å². The summed E-state index contributed by atoms with van der Waals surface area (Å²) in [5, 5.41) is 11.1. The molecule has 0 radical (unpaired) electrons. The third-order valence-corrected chi connectivity index (χ3v) is 4.41. The SMILES string of the molecule is COC[C@](C)(NC(=O)Nc1cnc2c(cnn2C(C)C)c1)c1ccccc1. The van der Waals surface area contributed by atoms with E-state index in [1.165, 1.54) is 0 Å². The molecule has 0 fully saturated rings. The minimum absolute atomic E-state index is 0.220. The quantitative estimate of drug-likeness (QED) is 0.696. The molecule has 2 aromatic heterocycles. The molecular formula is C20H25N5O2. The number of carbonyl (C=O) groups excluding carboxylic acids is 1. The summed E-state index contributed by atoms with van der Waals surface area (Å²) in [5.74, 6) is 0. The summed E-state index contributed by atoms with van der Waals surface area (Å²) in [5.41, 5.74) is 1.72. The van der Waals surface area contributed by atoms with E-state index in [-0.39, 0.29) is 12.1 Å². The highest BCUT2D eigenvalue weighted by molar-refractivity contribution is 5.92. The number of rotatable bonds is 6. The highest BCUT2D eigenvalue weighted by Crippen LogP contribution is 2.22. The van der Waals surface area contributed by atoms with Gasteiger partial charge in [-0.2, -0.15) is 5.10 Å². The second kappa shape index (κ2) is 7.75. The van der Waals surface area contributed by atoms with E-state index in [0.717, 1.165) is 16.6 Å². The molecule has 7 heteroatoms. The first-order chi connectivity index (χ1) is 12.9. The van der Waals surface area contributed by atoms with Gasteiger partial charge in [0.05, 0.1) is 30.2 Å². The van der Waals surface area contributed by atoms with Crippen molar-refractivity contribution in [3.8, 4) is 0 Å². The first-order valence-corrected chi connectivity index (χ1v) is 8.90. The van der Waals surface area contributed by atoms with E-state index in [2.05, 4.69) is 20.7 Å². The van der Waals surface area contributed by atoms with Crippen LogP contribution in [-0.4, -0.2) is 34.5 Å². The van der Waals surface area contributed by atoms with Crippen molar-refractivity contribution in [2.45, 2.75) is 32.4 Å². The molecule has 2 amide bonds. The number of hydrogen-bond acceptors (Lipinski definition) is 4. The molecule has 3 aromatic rings. The van der Waals surface area contributed by atoms with Crippen molar-refractivity contribution in [1.29, 1.82) is 0 Å². The van der Waals surface area contributed by atoms with Crippen LogP contribution in [0.15, 0.2) is 48.8 Å². The van der Waals surface area contributed by atoms with Crippen LogP contribution in [0.25, 0.3) is 11.0 Å². The summed E-state index contributed by atoms with van der Waals surface area (Å²) in [7, 11) is 1.62. The first-order valence-electron chi connectivity index (χ1n) is 8.90. The number of carbonyl (C=O) groups is 1. The molecule has 7 nitrogen and oxygen atoms in total. The van der Waals surface area contributed by atoms with Crippen LogP contribution >= 0.6 is 0 Å². The topological polar surface area (TPSA) is 81.1 Å². The lowest BCUT2D eigenvalue weighted by atomic mass is 9.93. The third-order valence-electron chi connectivity index (χ3n) is 4.41. The lowest BCUT2D eigenvalue weighted by Gasteiger charge is -2.30. The minimum atomic E-state index is -0.653. The van der Waals surface area contributed by atoms with Gasteiger partial charge < -0.3 is 15.4 Å². The fourth-order valence-electron chi connectivity index (χ4n) is 3.09. The molecule has 0 spiro atoms. The molecule has 1 atom stereocenters. The summed E-state index contributed by atoms with van der Waals surface area (Å²) >= 11 is 0. The Labute approximate surface area is 158 Å². The largest absolute Gasteiger partial charge is 0.382 e. The summed E-state index contributed by atoms with van der Waals surface area (Å²) in [6, 6.07) is 11.5. The Kier molecular flexibility index (Phi) is 5.41. The van der Waals surface area contributed by atoms with Crippen molar-refractivity contribution in [3.05, 3.63) is 54.4 Å². The Morgan fingerprint density at radius 1 is 1.26 bits per heavy atom. The van der Waals surface area contributed by atoms with E-state index >= 15 is 0 Å². The van der Waals surface area contributed by atoms with Crippen molar-refractivity contribution in [1.82, 2.24) is 20.1 Å². The van der Waals surface area contributed by atoms with Gasteiger partial charge in [0.1, 0.15) is 0 Å². The number of urea groups is 1. The molecule has 1 aromatic carbocycles. The molecule has 0 unspecified atom stereocenters. The second-order valence-electron chi connectivity index (χ2n) is 7.03. The molecule has 142 valence electrons. The number of methoxy groups -OCH3 is 1. The standard InChI is InChI=1S/C20H25N5O2/c1-14(2)25-18-15(11-22-25)10-17(12-21-18)23-19(26)24-20(3,13-27-4)16-8-6-5-7-9-16/h5-12,14H,13H2,1-4H3,(H2,23,24,26)/t20-/m0/s1. The Bertz CT molecular complexity index is 923. The van der Waals surface area contributed by atoms with Gasteiger partial charge in [-0.05, 0) is 32.4 Å². The molecule has 2 N–H and O–H groups in total. The van der Waals surface area contributed by atoms with Crippen LogP contribution in [0.1, 0.15) is 32.4 Å². The zero-order valence-corrected chi connectivity index (χ0v) is 16.1. The second-order valence-corrected chi connectivity index (χ2v) is 7.03. The summed E-state index contributed by atoms with van der Waals surface area (Å²) in [6.07, 6.45) is 3.39. The van der Waals surface area contributed by atoms with Gasteiger partial charge >= 0.3 is 6.03 Å². The van der Waals surface area contributed by atoms with Crippen LogP contribution in [0.4, 0.5) is 10.5 Å². The fraction of sp³-hybridized carbons (Fsp3) is 0.350. The van der Waals surface area contributed by atoms with E-state index in [9.17, 15) is 4.79 Å². The summed E-state index contributed by atoms with van der Waals surface area (Å²) < 4.78 is 7.18. The van der Waals surface area contributed by atoms with E-state index < -0.39 is 5.54 Å². The molecule has 0 aliphatic rings. The third kappa shape index (κ3) is 4.09. The van der Waals surface area contributed by atoms with Gasteiger partial charge in [0.2, 0.25) is 0 Å². The zero-order valence-electron chi connectivity index (χ0n) is 16.1. The number of fused-ring (bicyclic) bond motifs is 1. The lowest BCUT2D eigenvalue weighted by molar-refractivity contribution is 0.123. The minimum Gasteiger partial charge on any atom is -0.382 e. The monoisotopic (exact) mass is 367 g/mol. The predicted octanol–water partition coefficient (Wildman–Crippen LogP) is 3.70. The average Bonchev–Trinajstić information content (AvgIpc) is 3.06. The number of hydrogen-bond donors (Lipinski definition) is 2. The number of anilines is 1. The number of pyridine rings is 1. The van der Waals surface area contributed by atoms with Crippen molar-refractivity contribution in [3.63, 3.8) is 0 Å². The lowest BCUT2D eigenvalue weighted by Crippen LogP contribution is -2.48. The molecule has 0 saturated carbocycles. The van der Waals surface area contributed by atoms with Crippen LogP contribution in [-0.2, 0) is 10.3 Å². The van der Waals surface area contributed by atoms with Crippen LogP contribution in [0.2, 0.25) is 0 Å². The van der Waals surface area contributed by atoms with Gasteiger partial charge in [0.15, 0.2) is 5.65 Å². The maximum Gasteiger partial charge on any atom is 0.320 e. The average molecular weight is 367 g/mol. The normalized spacial score (nSPS) is 13.5. The fourth-order valence-corrected chi connectivity index (χ4v) is 3.09. The number of nitrogens with one attached hydrogen (secondary N) is 2. The summed E-state index contributed by atoms with van der Waals surface area (Å²) in [4.78, 5) is 17.0. The van der Waals surface area contributed by atoms with E-state index in [0.29, 0.717) is 12.3 Å². The number of benzene rings is 1. The molecule has 0 saturated heterocycles. The Balaban J connectivity index is 1.77. The first kappa shape index (κ1) is 18.8. The van der Waals surface area contributed by atoms with E-state index in [1.54, 1.807) is 19.5 Å². The van der Waals surface area contributed by atoms with Crippen molar-refractivity contribution >= 4 is 22.8 Å². The molecule has 0 aliphatic carbocycles. The molecule has 3 rings (SSSR count). The molecular weight excluding hydrogens is 342 g/mol. The summed E-state index contributed by atoms with van der Waals surface area (Å²) in [6.45, 7) is 6.38.